The highest BCUT2D eigenvalue weighted by Crippen LogP contribution is 2.37. The van der Waals surface area contributed by atoms with Gasteiger partial charge in [-0.3, -0.25) is 0 Å². The predicted octanol–water partition coefficient (Wildman–Crippen LogP) is 6.90. The van der Waals surface area contributed by atoms with E-state index in [0.717, 1.165) is 44.9 Å². The third-order valence-corrected chi connectivity index (χ3v) is 5.46. The predicted molar refractivity (Wildman–Crippen MR) is 132 cm³/mol. The van der Waals surface area contributed by atoms with Crippen LogP contribution in [0.15, 0.2) is 84.9 Å². The van der Waals surface area contributed by atoms with Crippen LogP contribution >= 0.6 is 0 Å². The largest absolute Gasteiger partial charge is 0.507 e. The van der Waals surface area contributed by atoms with Crippen LogP contribution in [-0.4, -0.2) is 23.4 Å². The van der Waals surface area contributed by atoms with Crippen LogP contribution in [0.4, 0.5) is 0 Å². The van der Waals surface area contributed by atoms with Gasteiger partial charge >= 0.3 is 0 Å². The van der Waals surface area contributed by atoms with Gasteiger partial charge in [-0.05, 0) is 50.2 Å². The summed E-state index contributed by atoms with van der Waals surface area (Å²) in [6.07, 6.45) is 0.683. The summed E-state index contributed by atoms with van der Waals surface area (Å²) in [6, 6.07) is 26.5. The molecular weight excluding hydrogens is 412 g/mol. The second kappa shape index (κ2) is 10.1. The molecule has 0 aliphatic heterocycles. The van der Waals surface area contributed by atoms with E-state index in [-0.39, 0.29) is 11.5 Å². The Labute approximate surface area is 194 Å². The molecule has 0 amide bonds. The van der Waals surface area contributed by atoms with Crippen molar-refractivity contribution in [3.05, 3.63) is 96.1 Å². The highest BCUT2D eigenvalue weighted by molar-refractivity contribution is 5.77. The summed E-state index contributed by atoms with van der Waals surface area (Å²) in [6.45, 7) is 4.94. The zero-order chi connectivity index (χ0) is 23.2. The van der Waals surface area contributed by atoms with E-state index < -0.39 is 0 Å². The van der Waals surface area contributed by atoms with E-state index in [1.807, 2.05) is 86.6 Å². The SMILES string of the molecule is Cc1ccc(O)c(-c2ccccc2OCCCOc2ccccc2-c2cc(C)ccc2O)c1. The zero-order valence-corrected chi connectivity index (χ0v) is 18.9. The second-order valence-corrected chi connectivity index (χ2v) is 8.08. The Morgan fingerprint density at radius 3 is 1.42 bits per heavy atom. The summed E-state index contributed by atoms with van der Waals surface area (Å²) in [4.78, 5) is 0. The first-order valence-electron chi connectivity index (χ1n) is 11.1. The van der Waals surface area contributed by atoms with Crippen molar-refractivity contribution in [1.82, 2.24) is 0 Å². The molecule has 0 bridgehead atoms. The van der Waals surface area contributed by atoms with Crippen molar-refractivity contribution in [3.8, 4) is 45.3 Å². The monoisotopic (exact) mass is 440 g/mol. The molecule has 0 unspecified atom stereocenters. The molecule has 4 nitrogen and oxygen atoms in total. The first-order chi connectivity index (χ1) is 16.0. The number of aryl methyl sites for hydroxylation is 2. The summed E-state index contributed by atoms with van der Waals surface area (Å²) < 4.78 is 12.1. The van der Waals surface area contributed by atoms with Gasteiger partial charge in [0.05, 0.1) is 13.2 Å². The zero-order valence-electron chi connectivity index (χ0n) is 18.9. The number of hydrogen-bond acceptors (Lipinski definition) is 4. The molecule has 4 aromatic rings. The molecule has 33 heavy (non-hydrogen) atoms. The molecule has 2 N–H and O–H groups in total. The smallest absolute Gasteiger partial charge is 0.127 e. The van der Waals surface area contributed by atoms with Crippen molar-refractivity contribution in [1.29, 1.82) is 0 Å². The number of hydrogen-bond donors (Lipinski definition) is 2. The normalized spacial score (nSPS) is 10.7. The minimum absolute atomic E-state index is 0.232. The number of ether oxygens (including phenoxy) is 2. The fourth-order valence-electron chi connectivity index (χ4n) is 3.78. The van der Waals surface area contributed by atoms with E-state index in [1.165, 1.54) is 0 Å². The van der Waals surface area contributed by atoms with E-state index >= 15 is 0 Å². The van der Waals surface area contributed by atoms with E-state index in [1.54, 1.807) is 12.1 Å². The Kier molecular flexibility index (Phi) is 6.84. The fourth-order valence-corrected chi connectivity index (χ4v) is 3.78. The lowest BCUT2D eigenvalue weighted by molar-refractivity contribution is 0.248. The van der Waals surface area contributed by atoms with Gasteiger partial charge in [0, 0.05) is 28.7 Å². The number of para-hydroxylation sites is 2. The van der Waals surface area contributed by atoms with Crippen LogP contribution in [0.2, 0.25) is 0 Å². The maximum absolute atomic E-state index is 10.3. The minimum Gasteiger partial charge on any atom is -0.507 e. The van der Waals surface area contributed by atoms with E-state index in [0.29, 0.717) is 19.6 Å². The third kappa shape index (κ3) is 5.29. The van der Waals surface area contributed by atoms with Gasteiger partial charge in [0.25, 0.3) is 0 Å². The molecule has 0 fully saturated rings. The standard InChI is InChI=1S/C29H28O4/c1-20-12-14-26(30)24(18-20)22-8-3-5-10-28(22)32-16-7-17-33-29-11-6-4-9-23(29)25-19-21(2)13-15-27(25)31/h3-6,8-15,18-19,30-31H,7,16-17H2,1-2H3. The highest BCUT2D eigenvalue weighted by atomic mass is 16.5. The second-order valence-electron chi connectivity index (χ2n) is 8.08. The highest BCUT2D eigenvalue weighted by Gasteiger charge is 2.12. The summed E-state index contributed by atoms with van der Waals surface area (Å²) >= 11 is 0. The van der Waals surface area contributed by atoms with Crippen LogP contribution in [0, 0.1) is 13.8 Å². The van der Waals surface area contributed by atoms with E-state index in [2.05, 4.69) is 0 Å². The molecule has 0 heterocycles. The van der Waals surface area contributed by atoms with Crippen molar-refractivity contribution in [3.63, 3.8) is 0 Å². The van der Waals surface area contributed by atoms with Crippen LogP contribution in [0.5, 0.6) is 23.0 Å². The molecule has 4 rings (SSSR count). The van der Waals surface area contributed by atoms with Gasteiger partial charge in [0.2, 0.25) is 0 Å². The Morgan fingerprint density at radius 1 is 0.545 bits per heavy atom. The number of phenolic OH excluding ortho intramolecular Hbond substituents is 2. The average Bonchev–Trinajstić information content (AvgIpc) is 2.83. The number of aromatic hydroxyl groups is 2. The van der Waals surface area contributed by atoms with Crippen LogP contribution < -0.4 is 9.47 Å². The Morgan fingerprint density at radius 2 is 0.970 bits per heavy atom. The Bertz CT molecular complexity index is 1150. The lowest BCUT2D eigenvalue weighted by Gasteiger charge is -2.15. The molecule has 0 aromatic heterocycles. The lowest BCUT2D eigenvalue weighted by Crippen LogP contribution is -2.06. The molecule has 4 aromatic carbocycles. The van der Waals surface area contributed by atoms with Crippen LogP contribution in [0.3, 0.4) is 0 Å². The first-order valence-corrected chi connectivity index (χ1v) is 11.1. The first kappa shape index (κ1) is 22.3. The molecule has 168 valence electrons. The van der Waals surface area contributed by atoms with E-state index in [4.69, 9.17) is 9.47 Å². The lowest BCUT2D eigenvalue weighted by atomic mass is 10.0. The molecule has 0 saturated carbocycles. The van der Waals surface area contributed by atoms with Gasteiger partial charge in [-0.15, -0.1) is 0 Å². The van der Waals surface area contributed by atoms with Gasteiger partial charge in [-0.2, -0.15) is 0 Å². The maximum Gasteiger partial charge on any atom is 0.127 e. The van der Waals surface area contributed by atoms with Crippen molar-refractivity contribution in [2.75, 3.05) is 13.2 Å². The van der Waals surface area contributed by atoms with Crippen LogP contribution in [0.25, 0.3) is 22.3 Å². The molecule has 4 heteroatoms. The fraction of sp³-hybridized carbons (Fsp3) is 0.172. The summed E-state index contributed by atoms with van der Waals surface area (Å²) in [5.74, 6) is 1.92. The molecule has 0 radical (unpaired) electrons. The maximum atomic E-state index is 10.3. The number of rotatable bonds is 8. The van der Waals surface area contributed by atoms with Crippen molar-refractivity contribution < 1.29 is 19.7 Å². The summed E-state index contributed by atoms with van der Waals surface area (Å²) in [5, 5.41) is 20.6. The van der Waals surface area contributed by atoms with Crippen molar-refractivity contribution in [2.24, 2.45) is 0 Å². The molecule has 0 spiro atoms. The van der Waals surface area contributed by atoms with Crippen LogP contribution in [0.1, 0.15) is 17.5 Å². The third-order valence-electron chi connectivity index (χ3n) is 5.46. The molecule has 0 aliphatic carbocycles. The molecule has 0 saturated heterocycles. The quantitative estimate of drug-likeness (QED) is 0.293. The molecular formula is C29H28O4. The van der Waals surface area contributed by atoms with Gasteiger partial charge in [-0.1, -0.05) is 59.7 Å². The van der Waals surface area contributed by atoms with Gasteiger partial charge in [-0.25, -0.2) is 0 Å². The molecule has 0 aliphatic rings. The topological polar surface area (TPSA) is 58.9 Å². The van der Waals surface area contributed by atoms with Gasteiger partial charge in [0.15, 0.2) is 0 Å². The summed E-state index contributed by atoms with van der Waals surface area (Å²) in [7, 11) is 0. The van der Waals surface area contributed by atoms with E-state index in [9.17, 15) is 10.2 Å². The average molecular weight is 441 g/mol. The van der Waals surface area contributed by atoms with Gasteiger partial charge < -0.3 is 19.7 Å². The van der Waals surface area contributed by atoms with Crippen LogP contribution in [-0.2, 0) is 0 Å². The molecule has 0 atom stereocenters. The Balaban J connectivity index is 1.40. The summed E-state index contributed by atoms with van der Waals surface area (Å²) in [5.41, 5.74) is 5.39. The number of benzene rings is 4. The Hall–Kier alpha value is -3.92. The van der Waals surface area contributed by atoms with Crippen molar-refractivity contribution >= 4 is 0 Å². The number of phenols is 2. The van der Waals surface area contributed by atoms with Gasteiger partial charge in [0.1, 0.15) is 23.0 Å². The minimum atomic E-state index is 0.232. The van der Waals surface area contributed by atoms with Crippen molar-refractivity contribution in [2.45, 2.75) is 20.3 Å².